The molecule has 2 saturated heterocycles. The number of para-hydroxylation sites is 1. The molecule has 3 rings (SSSR count). The van der Waals surface area contributed by atoms with Gasteiger partial charge in [-0.1, -0.05) is 12.1 Å². The van der Waals surface area contributed by atoms with E-state index in [1.165, 1.54) is 0 Å². The number of carbonyl (C=O) groups excluding carboxylic acids is 1. The molecule has 2 unspecified atom stereocenters. The van der Waals surface area contributed by atoms with Crippen molar-refractivity contribution in [3.8, 4) is 5.75 Å². The van der Waals surface area contributed by atoms with Gasteiger partial charge in [-0.05, 0) is 56.3 Å². The molecule has 0 saturated carbocycles. The first-order valence-electron chi connectivity index (χ1n) is 9.94. The summed E-state index contributed by atoms with van der Waals surface area (Å²) in [5, 5.41) is 19.1. The number of benzene rings is 1. The zero-order valence-corrected chi connectivity index (χ0v) is 16.4. The maximum absolute atomic E-state index is 13.1. The van der Waals surface area contributed by atoms with Crippen LogP contribution in [0.4, 0.5) is 0 Å². The SMILES string of the molecule is COc1c(C)cccc1C(=O)N1CC(CO)C(CN2CCC(CO)CC2)C1. The Morgan fingerprint density at radius 1 is 1.15 bits per heavy atom. The lowest BCUT2D eigenvalue weighted by Crippen LogP contribution is -2.40. The van der Waals surface area contributed by atoms with Crippen molar-refractivity contribution in [3.05, 3.63) is 29.3 Å². The van der Waals surface area contributed by atoms with Crippen molar-refractivity contribution in [2.24, 2.45) is 17.8 Å². The molecule has 0 bridgehead atoms. The average Bonchev–Trinajstić information content (AvgIpc) is 3.10. The number of nitrogens with zero attached hydrogens (tertiary/aromatic N) is 2. The molecule has 1 aromatic rings. The Labute approximate surface area is 161 Å². The molecule has 0 aliphatic carbocycles. The lowest BCUT2D eigenvalue weighted by molar-refractivity contribution is 0.0772. The van der Waals surface area contributed by atoms with Crippen LogP contribution >= 0.6 is 0 Å². The Morgan fingerprint density at radius 3 is 2.48 bits per heavy atom. The average molecular weight is 376 g/mol. The monoisotopic (exact) mass is 376 g/mol. The summed E-state index contributed by atoms with van der Waals surface area (Å²) < 4.78 is 5.45. The van der Waals surface area contributed by atoms with Gasteiger partial charge in [0.05, 0.1) is 12.7 Å². The lowest BCUT2D eigenvalue weighted by Gasteiger charge is -2.33. The molecular weight excluding hydrogens is 344 g/mol. The van der Waals surface area contributed by atoms with Gasteiger partial charge in [-0.3, -0.25) is 4.79 Å². The molecule has 150 valence electrons. The lowest BCUT2D eigenvalue weighted by atomic mass is 9.93. The van der Waals surface area contributed by atoms with E-state index < -0.39 is 0 Å². The molecule has 1 amide bonds. The van der Waals surface area contributed by atoms with Crippen LogP contribution in [0.25, 0.3) is 0 Å². The van der Waals surface area contributed by atoms with Gasteiger partial charge in [0.15, 0.2) is 0 Å². The third-order valence-electron chi connectivity index (χ3n) is 6.20. The van der Waals surface area contributed by atoms with Crippen molar-refractivity contribution >= 4 is 5.91 Å². The molecule has 0 aromatic heterocycles. The zero-order valence-electron chi connectivity index (χ0n) is 16.4. The number of hydrogen-bond donors (Lipinski definition) is 2. The fraction of sp³-hybridized carbons (Fsp3) is 0.667. The summed E-state index contributed by atoms with van der Waals surface area (Å²) in [7, 11) is 1.60. The van der Waals surface area contributed by atoms with Crippen LogP contribution in [-0.4, -0.2) is 79.0 Å². The van der Waals surface area contributed by atoms with Crippen LogP contribution < -0.4 is 4.74 Å². The largest absolute Gasteiger partial charge is 0.496 e. The number of rotatable bonds is 6. The number of methoxy groups -OCH3 is 1. The molecule has 6 heteroatoms. The number of aliphatic hydroxyl groups is 2. The molecule has 2 heterocycles. The van der Waals surface area contributed by atoms with Crippen LogP contribution in [0.3, 0.4) is 0 Å². The van der Waals surface area contributed by atoms with Crippen LogP contribution in [0.15, 0.2) is 18.2 Å². The summed E-state index contributed by atoms with van der Waals surface area (Å²) in [6.07, 6.45) is 2.05. The Morgan fingerprint density at radius 2 is 1.85 bits per heavy atom. The molecule has 2 aliphatic heterocycles. The fourth-order valence-electron chi connectivity index (χ4n) is 4.46. The van der Waals surface area contributed by atoms with Gasteiger partial charge in [0.1, 0.15) is 5.75 Å². The van der Waals surface area contributed by atoms with Gasteiger partial charge in [-0.2, -0.15) is 0 Å². The Balaban J connectivity index is 1.65. The van der Waals surface area contributed by atoms with E-state index in [4.69, 9.17) is 4.74 Å². The maximum Gasteiger partial charge on any atom is 0.257 e. The fourth-order valence-corrected chi connectivity index (χ4v) is 4.46. The second-order valence-corrected chi connectivity index (χ2v) is 8.00. The van der Waals surface area contributed by atoms with E-state index in [2.05, 4.69) is 4.90 Å². The second-order valence-electron chi connectivity index (χ2n) is 8.00. The van der Waals surface area contributed by atoms with E-state index >= 15 is 0 Å². The third kappa shape index (κ3) is 4.45. The summed E-state index contributed by atoms with van der Waals surface area (Å²) in [5.74, 6) is 1.43. The van der Waals surface area contributed by atoms with Gasteiger partial charge in [0, 0.05) is 38.8 Å². The summed E-state index contributed by atoms with van der Waals surface area (Å²) >= 11 is 0. The van der Waals surface area contributed by atoms with Gasteiger partial charge in [-0.25, -0.2) is 0 Å². The molecule has 1 aromatic carbocycles. The highest BCUT2D eigenvalue weighted by atomic mass is 16.5. The van der Waals surface area contributed by atoms with E-state index in [1.807, 2.05) is 30.0 Å². The van der Waals surface area contributed by atoms with Crippen LogP contribution in [0.1, 0.15) is 28.8 Å². The van der Waals surface area contributed by atoms with Crippen molar-refractivity contribution in [1.82, 2.24) is 9.80 Å². The number of piperidine rings is 1. The molecule has 6 nitrogen and oxygen atoms in total. The van der Waals surface area contributed by atoms with E-state index in [0.717, 1.165) is 38.0 Å². The van der Waals surface area contributed by atoms with Gasteiger partial charge in [-0.15, -0.1) is 0 Å². The van der Waals surface area contributed by atoms with Crippen LogP contribution in [0.2, 0.25) is 0 Å². The van der Waals surface area contributed by atoms with Crippen molar-refractivity contribution in [2.45, 2.75) is 19.8 Å². The van der Waals surface area contributed by atoms with E-state index in [9.17, 15) is 15.0 Å². The predicted octanol–water partition coefficient (Wildman–Crippen LogP) is 1.39. The first kappa shape index (κ1) is 20.1. The molecule has 2 aliphatic rings. The van der Waals surface area contributed by atoms with Crippen LogP contribution in [0, 0.1) is 24.7 Å². The molecular formula is C21H32N2O4. The Hall–Kier alpha value is -1.63. The highest BCUT2D eigenvalue weighted by Crippen LogP contribution is 2.30. The predicted molar refractivity (Wildman–Crippen MR) is 104 cm³/mol. The second kappa shape index (κ2) is 9.04. The summed E-state index contributed by atoms with van der Waals surface area (Å²) in [4.78, 5) is 17.4. The number of aliphatic hydroxyl groups excluding tert-OH is 2. The molecule has 27 heavy (non-hydrogen) atoms. The molecule has 2 fully saturated rings. The highest BCUT2D eigenvalue weighted by molar-refractivity contribution is 5.97. The summed E-state index contributed by atoms with van der Waals surface area (Å²) in [6.45, 7) is 6.45. The maximum atomic E-state index is 13.1. The number of likely N-dealkylation sites (tertiary alicyclic amines) is 2. The van der Waals surface area contributed by atoms with Gasteiger partial charge in [0.25, 0.3) is 5.91 Å². The first-order valence-corrected chi connectivity index (χ1v) is 9.94. The Kier molecular flexibility index (Phi) is 6.73. The number of ether oxygens (including phenoxy) is 1. The third-order valence-corrected chi connectivity index (χ3v) is 6.20. The summed E-state index contributed by atoms with van der Waals surface area (Å²) in [5.41, 5.74) is 1.54. The van der Waals surface area contributed by atoms with Crippen molar-refractivity contribution in [1.29, 1.82) is 0 Å². The standard InChI is InChI=1S/C21H32N2O4/c1-15-4-3-5-19(20(15)27-2)21(26)23-11-17(18(12-23)14-25)10-22-8-6-16(13-24)7-9-22/h3-5,16-18,24-25H,6-14H2,1-2H3. The topological polar surface area (TPSA) is 73.2 Å². The van der Waals surface area contributed by atoms with E-state index in [0.29, 0.717) is 30.3 Å². The molecule has 2 atom stereocenters. The van der Waals surface area contributed by atoms with Crippen molar-refractivity contribution < 1.29 is 19.7 Å². The molecule has 2 N–H and O–H groups in total. The van der Waals surface area contributed by atoms with E-state index in [-0.39, 0.29) is 31.0 Å². The first-order chi connectivity index (χ1) is 13.1. The normalized spacial score (nSPS) is 24.4. The van der Waals surface area contributed by atoms with Gasteiger partial charge in [0.2, 0.25) is 0 Å². The van der Waals surface area contributed by atoms with E-state index in [1.54, 1.807) is 7.11 Å². The van der Waals surface area contributed by atoms with Gasteiger partial charge >= 0.3 is 0 Å². The number of carbonyl (C=O) groups is 1. The minimum Gasteiger partial charge on any atom is -0.496 e. The number of hydrogen-bond acceptors (Lipinski definition) is 5. The van der Waals surface area contributed by atoms with Crippen LogP contribution in [0.5, 0.6) is 5.75 Å². The minimum atomic E-state index is -0.0181. The Bertz CT molecular complexity index is 643. The van der Waals surface area contributed by atoms with Crippen molar-refractivity contribution in [3.63, 3.8) is 0 Å². The smallest absolute Gasteiger partial charge is 0.257 e. The molecule has 0 spiro atoms. The van der Waals surface area contributed by atoms with Crippen LogP contribution in [-0.2, 0) is 0 Å². The highest BCUT2D eigenvalue weighted by Gasteiger charge is 2.37. The molecule has 0 radical (unpaired) electrons. The zero-order chi connectivity index (χ0) is 19.4. The number of amides is 1. The quantitative estimate of drug-likeness (QED) is 0.785. The minimum absolute atomic E-state index is 0.0181. The summed E-state index contributed by atoms with van der Waals surface area (Å²) in [6, 6.07) is 5.64. The van der Waals surface area contributed by atoms with Crippen molar-refractivity contribution in [2.75, 3.05) is 53.0 Å². The number of aryl methyl sites for hydroxylation is 1. The van der Waals surface area contributed by atoms with Gasteiger partial charge < -0.3 is 24.7 Å².